The Bertz CT molecular complexity index is 1220. The number of aryl methyl sites for hydroxylation is 3. The normalized spacial score (nSPS) is 11.0. The predicted molar refractivity (Wildman–Crippen MR) is 122 cm³/mol. The molecule has 2 aromatic heterocycles. The van der Waals surface area contributed by atoms with E-state index < -0.39 is 0 Å². The Morgan fingerprint density at radius 2 is 1.47 bits per heavy atom. The number of nitrogens with one attached hydrogen (secondary N) is 1. The summed E-state index contributed by atoms with van der Waals surface area (Å²) in [5.41, 5.74) is 6.49. The van der Waals surface area contributed by atoms with Crippen molar-refractivity contribution in [2.75, 3.05) is 5.32 Å². The fourth-order valence-electron chi connectivity index (χ4n) is 3.30. The summed E-state index contributed by atoms with van der Waals surface area (Å²) in [6, 6.07) is 17.3. The molecule has 7 heteroatoms. The van der Waals surface area contributed by atoms with Crippen LogP contribution in [0.2, 0.25) is 0 Å². The topological polar surface area (TPSA) is 64.7 Å². The Hall–Kier alpha value is -3.19. The molecule has 2 aromatic carbocycles. The minimum absolute atomic E-state index is 0.204. The summed E-state index contributed by atoms with van der Waals surface area (Å²) in [6.45, 7) is 7.96. The number of rotatable bonds is 4. The van der Waals surface area contributed by atoms with E-state index in [1.54, 1.807) is 12.1 Å². The minimum atomic E-state index is -0.204. The standard InChI is InChI=1S/C23H22BrN5O/c1-14-5-9-19(10-6-14)28-15(2)13-21(27-28)25-23(30)18-7-11-20(12-8-18)29-17(4)22(24)16(3)26-29/h5-13H,1-4H3,(H,25,27,30). The lowest BCUT2D eigenvalue weighted by Crippen LogP contribution is -2.13. The predicted octanol–water partition coefficient (Wildman–Crippen LogP) is 5.31. The molecule has 1 N–H and O–H groups in total. The number of nitrogens with zero attached hydrogens (tertiary/aromatic N) is 4. The van der Waals surface area contributed by atoms with Gasteiger partial charge in [-0.05, 0) is 80.0 Å². The maximum Gasteiger partial charge on any atom is 0.256 e. The van der Waals surface area contributed by atoms with Gasteiger partial charge in [0.1, 0.15) is 0 Å². The van der Waals surface area contributed by atoms with Crippen molar-refractivity contribution >= 4 is 27.7 Å². The summed E-state index contributed by atoms with van der Waals surface area (Å²) in [6.07, 6.45) is 0. The molecule has 30 heavy (non-hydrogen) atoms. The summed E-state index contributed by atoms with van der Waals surface area (Å²) in [5.74, 6) is 0.314. The molecular formula is C23H22BrN5O. The first kappa shape index (κ1) is 20.1. The first-order valence-electron chi connectivity index (χ1n) is 9.60. The second kappa shape index (κ2) is 7.91. The summed E-state index contributed by atoms with van der Waals surface area (Å²) < 4.78 is 4.66. The summed E-state index contributed by atoms with van der Waals surface area (Å²) in [4.78, 5) is 12.7. The van der Waals surface area contributed by atoms with E-state index in [2.05, 4.69) is 31.4 Å². The van der Waals surface area contributed by atoms with E-state index in [1.807, 2.05) is 79.5 Å². The molecule has 0 bridgehead atoms. The average molecular weight is 464 g/mol. The Morgan fingerprint density at radius 1 is 0.867 bits per heavy atom. The van der Waals surface area contributed by atoms with Crippen molar-refractivity contribution in [3.8, 4) is 11.4 Å². The number of benzene rings is 2. The minimum Gasteiger partial charge on any atom is -0.305 e. The summed E-state index contributed by atoms with van der Waals surface area (Å²) in [7, 11) is 0. The summed E-state index contributed by atoms with van der Waals surface area (Å²) in [5, 5.41) is 11.9. The van der Waals surface area contributed by atoms with Gasteiger partial charge in [0.25, 0.3) is 5.91 Å². The Morgan fingerprint density at radius 3 is 2.07 bits per heavy atom. The lowest BCUT2D eigenvalue weighted by Gasteiger charge is -2.07. The van der Waals surface area contributed by atoms with Gasteiger partial charge in [0.2, 0.25) is 0 Å². The molecule has 0 unspecified atom stereocenters. The second-order valence-corrected chi connectivity index (χ2v) is 8.11. The first-order chi connectivity index (χ1) is 14.3. The van der Waals surface area contributed by atoms with Gasteiger partial charge in [-0.3, -0.25) is 4.79 Å². The van der Waals surface area contributed by atoms with E-state index in [1.165, 1.54) is 5.56 Å². The lowest BCUT2D eigenvalue weighted by atomic mass is 10.2. The van der Waals surface area contributed by atoms with Gasteiger partial charge in [0.15, 0.2) is 5.82 Å². The SMILES string of the molecule is Cc1ccc(-n2nc(NC(=O)c3ccc(-n4nc(C)c(Br)c4C)cc3)cc2C)cc1. The van der Waals surface area contributed by atoms with Crippen molar-refractivity contribution in [2.24, 2.45) is 0 Å². The van der Waals surface area contributed by atoms with Crippen LogP contribution < -0.4 is 5.32 Å². The van der Waals surface area contributed by atoms with Crippen LogP contribution in [0, 0.1) is 27.7 Å². The fraction of sp³-hybridized carbons (Fsp3) is 0.174. The molecule has 152 valence electrons. The van der Waals surface area contributed by atoms with Gasteiger partial charge in [-0.2, -0.15) is 5.10 Å². The number of hydrogen-bond acceptors (Lipinski definition) is 3. The molecule has 1 amide bonds. The van der Waals surface area contributed by atoms with E-state index in [4.69, 9.17) is 0 Å². The Labute approximate surface area is 183 Å². The van der Waals surface area contributed by atoms with E-state index in [0.717, 1.165) is 32.9 Å². The van der Waals surface area contributed by atoms with E-state index in [0.29, 0.717) is 11.4 Å². The molecule has 0 fully saturated rings. The fourth-order valence-corrected chi connectivity index (χ4v) is 3.55. The smallest absolute Gasteiger partial charge is 0.256 e. The number of carbonyl (C=O) groups is 1. The monoisotopic (exact) mass is 463 g/mol. The highest BCUT2D eigenvalue weighted by Crippen LogP contribution is 2.23. The highest BCUT2D eigenvalue weighted by molar-refractivity contribution is 9.10. The molecule has 0 saturated heterocycles. The first-order valence-corrected chi connectivity index (χ1v) is 10.4. The molecule has 0 spiro atoms. The number of carbonyl (C=O) groups excluding carboxylic acids is 1. The van der Waals surface area contributed by atoms with Crippen LogP contribution in [0.15, 0.2) is 59.1 Å². The molecule has 4 rings (SSSR count). The molecule has 0 aliphatic carbocycles. The van der Waals surface area contributed by atoms with Crippen LogP contribution in [-0.4, -0.2) is 25.5 Å². The van der Waals surface area contributed by atoms with Gasteiger partial charge < -0.3 is 5.32 Å². The molecule has 0 radical (unpaired) electrons. The van der Waals surface area contributed by atoms with Gasteiger partial charge >= 0.3 is 0 Å². The number of halogens is 1. The lowest BCUT2D eigenvalue weighted by molar-refractivity contribution is 0.102. The average Bonchev–Trinajstić information content (AvgIpc) is 3.22. The highest BCUT2D eigenvalue weighted by Gasteiger charge is 2.13. The Kier molecular flexibility index (Phi) is 5.30. The molecule has 4 aromatic rings. The van der Waals surface area contributed by atoms with Crippen LogP contribution in [0.3, 0.4) is 0 Å². The third-order valence-electron chi connectivity index (χ3n) is 4.98. The Balaban J connectivity index is 1.52. The largest absolute Gasteiger partial charge is 0.305 e. The van der Waals surface area contributed by atoms with Gasteiger partial charge in [-0.15, -0.1) is 5.10 Å². The van der Waals surface area contributed by atoms with Crippen LogP contribution in [-0.2, 0) is 0 Å². The van der Waals surface area contributed by atoms with Crippen LogP contribution >= 0.6 is 15.9 Å². The molecule has 0 atom stereocenters. The van der Waals surface area contributed by atoms with Crippen molar-refractivity contribution < 1.29 is 4.79 Å². The van der Waals surface area contributed by atoms with Crippen molar-refractivity contribution in [3.63, 3.8) is 0 Å². The zero-order valence-electron chi connectivity index (χ0n) is 17.3. The molecule has 0 aliphatic heterocycles. The third-order valence-corrected chi connectivity index (χ3v) is 6.13. The molecule has 0 aliphatic rings. The number of anilines is 1. The number of aromatic nitrogens is 4. The van der Waals surface area contributed by atoms with Crippen LogP contribution in [0.25, 0.3) is 11.4 Å². The van der Waals surface area contributed by atoms with E-state index in [9.17, 15) is 4.79 Å². The van der Waals surface area contributed by atoms with Crippen molar-refractivity contribution in [3.05, 3.63) is 87.3 Å². The van der Waals surface area contributed by atoms with Gasteiger partial charge in [0, 0.05) is 17.3 Å². The quantitative estimate of drug-likeness (QED) is 0.446. The molecular weight excluding hydrogens is 442 g/mol. The van der Waals surface area contributed by atoms with Crippen molar-refractivity contribution in [1.82, 2.24) is 19.6 Å². The summed E-state index contributed by atoms with van der Waals surface area (Å²) >= 11 is 3.54. The number of amides is 1. The number of hydrogen-bond donors (Lipinski definition) is 1. The third kappa shape index (κ3) is 3.80. The van der Waals surface area contributed by atoms with Crippen LogP contribution in [0.1, 0.15) is 33.0 Å². The zero-order valence-corrected chi connectivity index (χ0v) is 18.9. The molecule has 0 saturated carbocycles. The van der Waals surface area contributed by atoms with Crippen LogP contribution in [0.5, 0.6) is 0 Å². The van der Waals surface area contributed by atoms with Crippen molar-refractivity contribution in [2.45, 2.75) is 27.7 Å². The van der Waals surface area contributed by atoms with Gasteiger partial charge in [0.05, 0.1) is 27.2 Å². The molecule has 2 heterocycles. The second-order valence-electron chi connectivity index (χ2n) is 7.32. The molecule has 6 nitrogen and oxygen atoms in total. The zero-order chi connectivity index (χ0) is 21.4. The maximum absolute atomic E-state index is 12.7. The van der Waals surface area contributed by atoms with Gasteiger partial charge in [-0.25, -0.2) is 9.36 Å². The van der Waals surface area contributed by atoms with Crippen LogP contribution in [0.4, 0.5) is 5.82 Å². The van der Waals surface area contributed by atoms with E-state index in [-0.39, 0.29) is 5.91 Å². The maximum atomic E-state index is 12.7. The van der Waals surface area contributed by atoms with Gasteiger partial charge in [-0.1, -0.05) is 17.7 Å². The van der Waals surface area contributed by atoms with Crippen molar-refractivity contribution in [1.29, 1.82) is 0 Å². The van der Waals surface area contributed by atoms with E-state index >= 15 is 0 Å². The highest BCUT2D eigenvalue weighted by atomic mass is 79.9.